The van der Waals surface area contributed by atoms with Gasteiger partial charge < -0.3 is 5.11 Å². The first-order valence-corrected chi connectivity index (χ1v) is 7.54. The standard InChI is InChI=1S/C15H15BrN2O2/c16-10-5-6-13(19)11(8-10)12-9-15(20)18-7-3-1-2-4-14(18)17-12/h5-6,8-9,19H,1-4,7H2. The normalized spacial score (nSPS) is 14.7. The van der Waals surface area contributed by atoms with Gasteiger partial charge in [-0.25, -0.2) is 4.98 Å². The minimum atomic E-state index is -0.0359. The van der Waals surface area contributed by atoms with Crippen molar-refractivity contribution in [3.8, 4) is 17.0 Å². The van der Waals surface area contributed by atoms with E-state index in [1.54, 1.807) is 22.8 Å². The number of fused-ring (bicyclic) bond motifs is 1. The van der Waals surface area contributed by atoms with Crippen molar-refractivity contribution in [1.29, 1.82) is 0 Å². The van der Waals surface area contributed by atoms with Crippen LogP contribution in [-0.2, 0) is 13.0 Å². The molecule has 0 saturated carbocycles. The van der Waals surface area contributed by atoms with Crippen molar-refractivity contribution >= 4 is 15.9 Å². The van der Waals surface area contributed by atoms with Crippen LogP contribution in [-0.4, -0.2) is 14.7 Å². The third kappa shape index (κ3) is 2.50. The van der Waals surface area contributed by atoms with Crippen LogP contribution in [0.4, 0.5) is 0 Å². The maximum Gasteiger partial charge on any atom is 0.254 e. The summed E-state index contributed by atoms with van der Waals surface area (Å²) in [6.45, 7) is 0.742. The summed E-state index contributed by atoms with van der Waals surface area (Å²) in [6, 6.07) is 6.65. The molecular weight excluding hydrogens is 320 g/mol. The summed E-state index contributed by atoms with van der Waals surface area (Å²) in [6.07, 6.45) is 4.02. The van der Waals surface area contributed by atoms with E-state index in [2.05, 4.69) is 20.9 Å². The molecule has 104 valence electrons. The molecule has 2 aromatic rings. The van der Waals surface area contributed by atoms with Gasteiger partial charge >= 0.3 is 0 Å². The average molecular weight is 335 g/mol. The highest BCUT2D eigenvalue weighted by molar-refractivity contribution is 9.10. The van der Waals surface area contributed by atoms with Gasteiger partial charge in [0.05, 0.1) is 5.69 Å². The molecule has 0 atom stereocenters. The fourth-order valence-corrected chi connectivity index (χ4v) is 2.93. The minimum absolute atomic E-state index is 0.0359. The Morgan fingerprint density at radius 2 is 2.05 bits per heavy atom. The highest BCUT2D eigenvalue weighted by Gasteiger charge is 2.14. The van der Waals surface area contributed by atoms with Gasteiger partial charge in [-0.3, -0.25) is 9.36 Å². The predicted molar refractivity (Wildman–Crippen MR) is 80.9 cm³/mol. The van der Waals surface area contributed by atoms with Crippen LogP contribution in [0, 0.1) is 0 Å². The smallest absolute Gasteiger partial charge is 0.254 e. The third-order valence-corrected chi connectivity index (χ3v) is 4.10. The molecule has 3 rings (SSSR count). The zero-order valence-corrected chi connectivity index (χ0v) is 12.6. The number of halogens is 1. The van der Waals surface area contributed by atoms with Gasteiger partial charge in [0.25, 0.3) is 5.56 Å². The lowest BCUT2D eigenvalue weighted by atomic mass is 10.1. The van der Waals surface area contributed by atoms with Crippen molar-refractivity contribution < 1.29 is 5.11 Å². The number of aromatic nitrogens is 2. The fraction of sp³-hybridized carbons (Fsp3) is 0.333. The van der Waals surface area contributed by atoms with E-state index in [1.807, 2.05) is 0 Å². The van der Waals surface area contributed by atoms with Crippen LogP contribution in [0.5, 0.6) is 5.75 Å². The Hall–Kier alpha value is -1.62. The Labute approximate surface area is 125 Å². The first-order valence-electron chi connectivity index (χ1n) is 6.75. The van der Waals surface area contributed by atoms with Crippen LogP contribution in [0.15, 0.2) is 33.5 Å². The summed E-state index contributed by atoms with van der Waals surface area (Å²) >= 11 is 3.38. The topological polar surface area (TPSA) is 55.1 Å². The maximum atomic E-state index is 12.2. The van der Waals surface area contributed by atoms with E-state index in [0.29, 0.717) is 11.3 Å². The van der Waals surface area contributed by atoms with Crippen molar-refractivity contribution in [2.45, 2.75) is 32.2 Å². The molecule has 5 heteroatoms. The number of benzene rings is 1. The van der Waals surface area contributed by atoms with Gasteiger partial charge in [-0.15, -0.1) is 0 Å². The number of phenolic OH excluding ortho intramolecular Hbond substituents is 1. The number of phenols is 1. The maximum absolute atomic E-state index is 12.2. The van der Waals surface area contributed by atoms with E-state index in [9.17, 15) is 9.90 Å². The molecule has 1 aromatic carbocycles. The fourth-order valence-electron chi connectivity index (χ4n) is 2.57. The lowest BCUT2D eigenvalue weighted by molar-refractivity contribution is 0.477. The number of aromatic hydroxyl groups is 1. The lowest BCUT2D eigenvalue weighted by Gasteiger charge is -2.11. The zero-order valence-electron chi connectivity index (χ0n) is 11.0. The number of nitrogens with zero attached hydrogens (tertiary/aromatic N) is 2. The largest absolute Gasteiger partial charge is 0.507 e. The molecule has 1 aliphatic rings. The van der Waals surface area contributed by atoms with Gasteiger partial charge in [0, 0.05) is 29.1 Å². The molecule has 0 unspecified atom stereocenters. The van der Waals surface area contributed by atoms with Gasteiger partial charge in [-0.05, 0) is 31.0 Å². The predicted octanol–water partition coefficient (Wildman–Crippen LogP) is 3.10. The summed E-state index contributed by atoms with van der Waals surface area (Å²) in [5.74, 6) is 0.961. The molecule has 0 radical (unpaired) electrons. The Balaban J connectivity index is 2.16. The molecule has 4 nitrogen and oxygen atoms in total. The second-order valence-corrected chi connectivity index (χ2v) is 5.94. The summed E-state index contributed by atoms with van der Waals surface area (Å²) < 4.78 is 2.60. The molecule has 0 bridgehead atoms. The highest BCUT2D eigenvalue weighted by atomic mass is 79.9. The number of hydrogen-bond acceptors (Lipinski definition) is 3. The van der Waals surface area contributed by atoms with Gasteiger partial charge in [-0.2, -0.15) is 0 Å². The molecule has 0 saturated heterocycles. The third-order valence-electron chi connectivity index (χ3n) is 3.60. The Morgan fingerprint density at radius 1 is 1.20 bits per heavy atom. The SMILES string of the molecule is O=c1cc(-c2cc(Br)ccc2O)nc2n1CCCCC2. The van der Waals surface area contributed by atoms with Crippen molar-refractivity contribution in [3.05, 3.63) is 44.9 Å². The van der Waals surface area contributed by atoms with E-state index in [-0.39, 0.29) is 11.3 Å². The summed E-state index contributed by atoms with van der Waals surface area (Å²) in [4.78, 5) is 16.8. The van der Waals surface area contributed by atoms with Crippen LogP contribution < -0.4 is 5.56 Å². The van der Waals surface area contributed by atoms with Crippen LogP contribution in [0.2, 0.25) is 0 Å². The second-order valence-electron chi connectivity index (χ2n) is 5.02. The van der Waals surface area contributed by atoms with E-state index >= 15 is 0 Å². The molecule has 0 amide bonds. The minimum Gasteiger partial charge on any atom is -0.507 e. The van der Waals surface area contributed by atoms with E-state index in [1.165, 1.54) is 6.07 Å². The monoisotopic (exact) mass is 334 g/mol. The number of hydrogen-bond donors (Lipinski definition) is 1. The molecular formula is C15H15BrN2O2. The Bertz CT molecular complexity index is 710. The molecule has 20 heavy (non-hydrogen) atoms. The number of rotatable bonds is 1. The zero-order chi connectivity index (χ0) is 14.1. The van der Waals surface area contributed by atoms with Crippen molar-refractivity contribution in [2.75, 3.05) is 0 Å². The van der Waals surface area contributed by atoms with Gasteiger partial charge in [0.15, 0.2) is 0 Å². The van der Waals surface area contributed by atoms with Crippen LogP contribution in [0.3, 0.4) is 0 Å². The van der Waals surface area contributed by atoms with Crippen molar-refractivity contribution in [2.24, 2.45) is 0 Å². The van der Waals surface area contributed by atoms with Crippen LogP contribution >= 0.6 is 15.9 Å². The van der Waals surface area contributed by atoms with E-state index < -0.39 is 0 Å². The van der Waals surface area contributed by atoms with E-state index in [0.717, 1.165) is 42.5 Å². The molecule has 1 aromatic heterocycles. The molecule has 1 N–H and O–H groups in total. The Kier molecular flexibility index (Phi) is 3.61. The first-order chi connectivity index (χ1) is 9.65. The van der Waals surface area contributed by atoms with Crippen molar-refractivity contribution in [3.63, 3.8) is 0 Å². The van der Waals surface area contributed by atoms with Crippen molar-refractivity contribution in [1.82, 2.24) is 9.55 Å². The van der Waals surface area contributed by atoms with Crippen LogP contribution in [0.25, 0.3) is 11.3 Å². The van der Waals surface area contributed by atoms with E-state index in [4.69, 9.17) is 0 Å². The first kappa shape index (κ1) is 13.4. The lowest BCUT2D eigenvalue weighted by Crippen LogP contribution is -2.23. The molecule has 0 spiro atoms. The molecule has 1 aliphatic heterocycles. The average Bonchev–Trinajstić information content (AvgIpc) is 2.67. The Morgan fingerprint density at radius 3 is 2.90 bits per heavy atom. The quantitative estimate of drug-likeness (QED) is 0.871. The molecule has 0 fully saturated rings. The van der Waals surface area contributed by atoms with Gasteiger partial charge in [0.2, 0.25) is 0 Å². The summed E-state index contributed by atoms with van der Waals surface area (Å²) in [5, 5.41) is 9.97. The molecule has 2 heterocycles. The van der Waals surface area contributed by atoms with Gasteiger partial charge in [0.1, 0.15) is 11.6 Å². The summed E-state index contributed by atoms with van der Waals surface area (Å²) in [5.41, 5.74) is 1.09. The second kappa shape index (κ2) is 5.40. The highest BCUT2D eigenvalue weighted by Crippen LogP contribution is 2.30. The van der Waals surface area contributed by atoms with Crippen LogP contribution in [0.1, 0.15) is 25.1 Å². The summed E-state index contributed by atoms with van der Waals surface area (Å²) in [7, 11) is 0. The van der Waals surface area contributed by atoms with Gasteiger partial charge in [-0.1, -0.05) is 22.4 Å². The molecule has 0 aliphatic carbocycles. The number of aryl methyl sites for hydroxylation is 1.